The summed E-state index contributed by atoms with van der Waals surface area (Å²) in [6.07, 6.45) is 0.744. The molecule has 0 radical (unpaired) electrons. The fraction of sp³-hybridized carbons (Fsp3) is 0.150. The van der Waals surface area contributed by atoms with Gasteiger partial charge in [0.1, 0.15) is 0 Å². The molecule has 1 aliphatic rings. The van der Waals surface area contributed by atoms with Gasteiger partial charge in [-0.25, -0.2) is 8.42 Å². The molecule has 4 rings (SSSR count). The molecule has 1 amide bonds. The van der Waals surface area contributed by atoms with E-state index in [1.54, 1.807) is 29.2 Å². The summed E-state index contributed by atoms with van der Waals surface area (Å²) in [6, 6.07) is 15.3. The minimum atomic E-state index is -3.74. The monoisotopic (exact) mass is 432 g/mol. The lowest BCUT2D eigenvalue weighted by atomic mass is 9.99. The third kappa shape index (κ3) is 3.92. The first-order valence-corrected chi connectivity index (χ1v) is 11.4. The number of nitrogens with one attached hydrogen (secondary N) is 1. The molecule has 0 unspecified atom stereocenters. The Morgan fingerprint density at radius 3 is 2.68 bits per heavy atom. The number of nitrogens with zero attached hydrogens (tertiary/aromatic N) is 1. The number of hydrogen-bond acceptors (Lipinski definition) is 4. The van der Waals surface area contributed by atoms with Crippen LogP contribution in [0.1, 0.15) is 20.8 Å². The lowest BCUT2D eigenvalue weighted by molar-refractivity contribution is 0.0739. The zero-order chi connectivity index (χ0) is 19.7. The second-order valence-electron chi connectivity index (χ2n) is 6.50. The molecular formula is C20H17ClN2O3S2. The maximum Gasteiger partial charge on any atom is 0.264 e. The third-order valence-electron chi connectivity index (χ3n) is 4.60. The average molecular weight is 433 g/mol. The van der Waals surface area contributed by atoms with E-state index in [2.05, 4.69) is 4.72 Å². The molecule has 5 nitrogen and oxygen atoms in total. The number of hydrogen-bond donors (Lipinski definition) is 1. The Labute approximate surface area is 172 Å². The van der Waals surface area contributed by atoms with E-state index in [0.29, 0.717) is 28.7 Å². The van der Waals surface area contributed by atoms with Gasteiger partial charge < -0.3 is 4.90 Å². The highest BCUT2D eigenvalue weighted by molar-refractivity contribution is 7.92. The third-order valence-corrected chi connectivity index (χ3v) is 7.07. The molecule has 144 valence electrons. The van der Waals surface area contributed by atoms with E-state index in [1.807, 2.05) is 23.6 Å². The first-order chi connectivity index (χ1) is 13.4. The predicted molar refractivity (Wildman–Crippen MR) is 111 cm³/mol. The van der Waals surface area contributed by atoms with Crippen LogP contribution in [0, 0.1) is 0 Å². The van der Waals surface area contributed by atoms with Crippen molar-refractivity contribution in [1.82, 2.24) is 4.90 Å². The van der Waals surface area contributed by atoms with Crippen molar-refractivity contribution in [2.45, 2.75) is 17.9 Å². The van der Waals surface area contributed by atoms with Crippen molar-refractivity contribution in [2.75, 3.05) is 11.3 Å². The number of fused-ring (bicyclic) bond motifs is 1. The normalized spacial score (nSPS) is 13.8. The van der Waals surface area contributed by atoms with Gasteiger partial charge in [-0.05, 0) is 59.3 Å². The molecule has 28 heavy (non-hydrogen) atoms. The number of benzene rings is 2. The first-order valence-electron chi connectivity index (χ1n) is 8.65. The summed E-state index contributed by atoms with van der Waals surface area (Å²) >= 11 is 7.33. The Morgan fingerprint density at radius 1 is 1.07 bits per heavy atom. The number of sulfonamides is 1. The van der Waals surface area contributed by atoms with Crippen molar-refractivity contribution in [1.29, 1.82) is 0 Å². The van der Waals surface area contributed by atoms with Gasteiger partial charge in [0.2, 0.25) is 0 Å². The molecule has 0 atom stereocenters. The van der Waals surface area contributed by atoms with Crippen LogP contribution in [0.5, 0.6) is 0 Å². The quantitative estimate of drug-likeness (QED) is 0.664. The summed E-state index contributed by atoms with van der Waals surface area (Å²) in [5, 5.41) is 2.24. The molecule has 0 aliphatic carbocycles. The first kappa shape index (κ1) is 19.0. The van der Waals surface area contributed by atoms with Crippen molar-refractivity contribution in [3.63, 3.8) is 0 Å². The highest BCUT2D eigenvalue weighted by Crippen LogP contribution is 2.26. The number of halogens is 1. The van der Waals surface area contributed by atoms with Gasteiger partial charge in [-0.1, -0.05) is 29.8 Å². The number of rotatable bonds is 4. The zero-order valence-electron chi connectivity index (χ0n) is 14.8. The fourth-order valence-electron chi connectivity index (χ4n) is 3.20. The molecule has 0 fully saturated rings. The molecule has 0 spiro atoms. The van der Waals surface area contributed by atoms with Crippen LogP contribution in [0.25, 0.3) is 0 Å². The van der Waals surface area contributed by atoms with Gasteiger partial charge in [0.05, 0.1) is 9.77 Å². The zero-order valence-corrected chi connectivity index (χ0v) is 17.2. The number of amides is 1. The van der Waals surface area contributed by atoms with Gasteiger partial charge in [-0.3, -0.25) is 9.52 Å². The van der Waals surface area contributed by atoms with E-state index < -0.39 is 10.0 Å². The lowest BCUT2D eigenvalue weighted by Crippen LogP contribution is -2.35. The molecule has 1 aliphatic heterocycles. The van der Waals surface area contributed by atoms with Gasteiger partial charge >= 0.3 is 0 Å². The van der Waals surface area contributed by atoms with Gasteiger partial charge in [-0.15, -0.1) is 11.3 Å². The number of carbonyl (C=O) groups excluding carboxylic acids is 1. The molecule has 1 aromatic heterocycles. The lowest BCUT2D eigenvalue weighted by Gasteiger charge is -2.29. The van der Waals surface area contributed by atoms with Crippen LogP contribution in [0.4, 0.5) is 5.69 Å². The molecule has 0 bridgehead atoms. The number of carbonyl (C=O) groups is 1. The maximum atomic E-state index is 12.6. The van der Waals surface area contributed by atoms with Gasteiger partial charge in [0.15, 0.2) is 0 Å². The van der Waals surface area contributed by atoms with Crippen molar-refractivity contribution in [3.8, 4) is 0 Å². The molecule has 2 aromatic carbocycles. The highest BCUT2D eigenvalue weighted by atomic mass is 35.5. The van der Waals surface area contributed by atoms with Crippen LogP contribution in [0.2, 0.25) is 5.02 Å². The maximum absolute atomic E-state index is 12.6. The van der Waals surface area contributed by atoms with Crippen LogP contribution >= 0.6 is 22.9 Å². The van der Waals surface area contributed by atoms with Crippen LogP contribution in [-0.2, 0) is 23.0 Å². The highest BCUT2D eigenvalue weighted by Gasteiger charge is 2.23. The SMILES string of the molecule is O=C(c1cccs1)N1CCc2ccc(NS(=O)(=O)c3cccc(Cl)c3)cc2C1. The van der Waals surface area contributed by atoms with Crippen molar-refractivity contribution < 1.29 is 13.2 Å². The molecule has 2 heterocycles. The minimum Gasteiger partial charge on any atom is -0.333 e. The average Bonchev–Trinajstić information content (AvgIpc) is 3.21. The Bertz CT molecular complexity index is 1130. The standard InChI is InChI=1S/C20H17ClN2O3S2/c21-16-3-1-4-18(12-16)28(25,26)22-17-7-6-14-8-9-23(13-15(14)11-17)20(24)19-5-2-10-27-19/h1-7,10-12,22H,8-9,13H2. The van der Waals surface area contributed by atoms with Gasteiger partial charge in [-0.2, -0.15) is 0 Å². The molecule has 1 N–H and O–H groups in total. The molecule has 3 aromatic rings. The topological polar surface area (TPSA) is 66.5 Å². The smallest absolute Gasteiger partial charge is 0.264 e. The van der Waals surface area contributed by atoms with E-state index in [1.165, 1.54) is 23.5 Å². The van der Waals surface area contributed by atoms with E-state index in [-0.39, 0.29) is 10.8 Å². The summed E-state index contributed by atoms with van der Waals surface area (Å²) in [5.74, 6) is 0.00515. The van der Waals surface area contributed by atoms with Crippen molar-refractivity contribution in [3.05, 3.63) is 81.0 Å². The van der Waals surface area contributed by atoms with E-state index in [9.17, 15) is 13.2 Å². The van der Waals surface area contributed by atoms with Crippen LogP contribution in [-0.4, -0.2) is 25.8 Å². The van der Waals surface area contributed by atoms with E-state index in [4.69, 9.17) is 11.6 Å². The number of thiophene rings is 1. The largest absolute Gasteiger partial charge is 0.333 e. The number of anilines is 1. The summed E-state index contributed by atoms with van der Waals surface area (Å²) in [7, 11) is -3.74. The Morgan fingerprint density at radius 2 is 1.93 bits per heavy atom. The molecule has 8 heteroatoms. The van der Waals surface area contributed by atoms with Crippen molar-refractivity contribution >= 4 is 44.6 Å². The second-order valence-corrected chi connectivity index (χ2v) is 9.57. The molecule has 0 saturated heterocycles. The summed E-state index contributed by atoms with van der Waals surface area (Å²) in [4.78, 5) is 15.2. The van der Waals surface area contributed by atoms with Crippen LogP contribution in [0.3, 0.4) is 0 Å². The minimum absolute atomic E-state index is 0.00515. The Kier molecular flexibility index (Phi) is 5.14. The van der Waals surface area contributed by atoms with Gasteiger partial charge in [0.25, 0.3) is 15.9 Å². The van der Waals surface area contributed by atoms with E-state index in [0.717, 1.165) is 17.5 Å². The van der Waals surface area contributed by atoms with Gasteiger partial charge in [0, 0.05) is 23.8 Å². The summed E-state index contributed by atoms with van der Waals surface area (Å²) in [6.45, 7) is 1.11. The second kappa shape index (κ2) is 7.58. The summed E-state index contributed by atoms with van der Waals surface area (Å²) in [5.41, 5.74) is 2.53. The summed E-state index contributed by atoms with van der Waals surface area (Å²) < 4.78 is 27.8. The fourth-order valence-corrected chi connectivity index (χ4v) is 5.24. The Balaban J connectivity index is 1.56. The molecular weight excluding hydrogens is 416 g/mol. The van der Waals surface area contributed by atoms with Crippen LogP contribution in [0.15, 0.2) is 64.9 Å². The van der Waals surface area contributed by atoms with Crippen LogP contribution < -0.4 is 4.72 Å². The van der Waals surface area contributed by atoms with E-state index >= 15 is 0 Å². The van der Waals surface area contributed by atoms with Crippen molar-refractivity contribution in [2.24, 2.45) is 0 Å². The predicted octanol–water partition coefficient (Wildman–Crippen LogP) is 4.40. The Hall–Kier alpha value is -2.35. The molecule has 0 saturated carbocycles.